The molecular weight excluding hydrogens is 400 g/mol. The number of hydrogen-bond donors (Lipinski definition) is 2. The van der Waals surface area contributed by atoms with Gasteiger partial charge in [-0.25, -0.2) is 4.68 Å². The first-order valence-electron chi connectivity index (χ1n) is 10.1. The zero-order chi connectivity index (χ0) is 20.9. The molecule has 0 unspecified atom stereocenters. The number of rotatable bonds is 4. The fraction of sp³-hybridized carbons (Fsp3) is 0.261. The molecule has 0 saturated heterocycles. The van der Waals surface area contributed by atoms with Gasteiger partial charge in [0.15, 0.2) is 0 Å². The maximum atomic E-state index is 12.3. The predicted octanol–water partition coefficient (Wildman–Crippen LogP) is 4.31. The highest BCUT2D eigenvalue weighted by atomic mass is 35.5. The molecule has 0 bridgehead atoms. The monoisotopic (exact) mass is 422 g/mol. The van der Waals surface area contributed by atoms with E-state index in [-0.39, 0.29) is 6.04 Å². The molecule has 1 aliphatic carbocycles. The number of nitrogens with one attached hydrogen (secondary N) is 2. The Morgan fingerprint density at radius 1 is 0.967 bits per heavy atom. The molecule has 2 N–H and O–H groups in total. The Bertz CT molecular complexity index is 1010. The Hall–Kier alpha value is -3.12. The lowest BCUT2D eigenvalue weighted by Gasteiger charge is -2.29. The molecule has 0 atom stereocenters. The molecule has 0 aliphatic heterocycles. The summed E-state index contributed by atoms with van der Waals surface area (Å²) in [7, 11) is 0. The van der Waals surface area contributed by atoms with Crippen LogP contribution in [0.5, 0.6) is 0 Å². The first-order chi connectivity index (χ1) is 14.6. The third kappa shape index (κ3) is 4.71. The smallest absolute Gasteiger partial charge is 0.313 e. The van der Waals surface area contributed by atoms with Crippen LogP contribution in [0.15, 0.2) is 67.0 Å². The lowest BCUT2D eigenvalue weighted by Crippen LogP contribution is -2.43. The normalized spacial score (nSPS) is 18.6. The molecule has 154 valence electrons. The fourth-order valence-electron chi connectivity index (χ4n) is 3.92. The third-order valence-electron chi connectivity index (χ3n) is 5.50. The topological polar surface area (TPSA) is 76.0 Å². The van der Waals surface area contributed by atoms with Crippen molar-refractivity contribution in [1.29, 1.82) is 0 Å². The van der Waals surface area contributed by atoms with Crippen molar-refractivity contribution < 1.29 is 9.59 Å². The fourth-order valence-corrected chi connectivity index (χ4v) is 4.18. The van der Waals surface area contributed by atoms with Gasteiger partial charge in [0.25, 0.3) is 0 Å². The largest absolute Gasteiger partial charge is 0.345 e. The molecule has 1 saturated carbocycles. The second kappa shape index (κ2) is 9.13. The SMILES string of the molecule is O=C(Nc1ccc(-n2cccn2)c(Cl)c1)C(=O)NC1CCC(c2ccccc2)CC1. The summed E-state index contributed by atoms with van der Waals surface area (Å²) in [4.78, 5) is 24.6. The van der Waals surface area contributed by atoms with Gasteiger partial charge in [0.2, 0.25) is 0 Å². The number of amides is 2. The molecule has 0 radical (unpaired) electrons. The zero-order valence-electron chi connectivity index (χ0n) is 16.4. The highest BCUT2D eigenvalue weighted by Crippen LogP contribution is 2.32. The highest BCUT2D eigenvalue weighted by molar-refractivity contribution is 6.40. The van der Waals surface area contributed by atoms with Crippen LogP contribution in [-0.4, -0.2) is 27.6 Å². The maximum absolute atomic E-state index is 12.3. The molecule has 3 aromatic rings. The third-order valence-corrected chi connectivity index (χ3v) is 5.80. The van der Waals surface area contributed by atoms with E-state index in [0.29, 0.717) is 22.3 Å². The summed E-state index contributed by atoms with van der Waals surface area (Å²) in [5, 5.41) is 10.0. The zero-order valence-corrected chi connectivity index (χ0v) is 17.2. The molecule has 30 heavy (non-hydrogen) atoms. The molecule has 2 amide bonds. The molecule has 1 heterocycles. The van der Waals surface area contributed by atoms with Gasteiger partial charge in [-0.15, -0.1) is 0 Å². The van der Waals surface area contributed by atoms with Crippen molar-refractivity contribution in [3.8, 4) is 5.69 Å². The Morgan fingerprint density at radius 2 is 1.73 bits per heavy atom. The molecule has 2 aromatic carbocycles. The Morgan fingerprint density at radius 3 is 2.40 bits per heavy atom. The number of aromatic nitrogens is 2. The van der Waals surface area contributed by atoms with Crippen LogP contribution in [0, 0.1) is 0 Å². The summed E-state index contributed by atoms with van der Waals surface area (Å²) in [5.41, 5.74) is 2.50. The van der Waals surface area contributed by atoms with Crippen molar-refractivity contribution in [2.75, 3.05) is 5.32 Å². The Labute approximate surface area is 180 Å². The number of halogens is 1. The molecule has 7 heteroatoms. The van der Waals surface area contributed by atoms with Gasteiger partial charge in [-0.3, -0.25) is 9.59 Å². The first kappa shape index (κ1) is 20.2. The minimum absolute atomic E-state index is 0.0222. The van der Waals surface area contributed by atoms with E-state index in [9.17, 15) is 9.59 Å². The van der Waals surface area contributed by atoms with Crippen LogP contribution in [0.1, 0.15) is 37.2 Å². The van der Waals surface area contributed by atoms with Crippen molar-refractivity contribution in [3.05, 3.63) is 77.6 Å². The summed E-state index contributed by atoms with van der Waals surface area (Å²) in [6.07, 6.45) is 7.16. The number of nitrogens with zero attached hydrogens (tertiary/aromatic N) is 2. The highest BCUT2D eigenvalue weighted by Gasteiger charge is 2.25. The van der Waals surface area contributed by atoms with E-state index in [0.717, 1.165) is 25.7 Å². The van der Waals surface area contributed by atoms with Crippen LogP contribution in [0.4, 0.5) is 5.69 Å². The van der Waals surface area contributed by atoms with Gasteiger partial charge in [0.05, 0.1) is 10.7 Å². The van der Waals surface area contributed by atoms with Crippen molar-refractivity contribution in [2.45, 2.75) is 37.6 Å². The minimum atomic E-state index is -0.692. The number of carbonyl (C=O) groups excluding carboxylic acids is 2. The molecule has 1 aromatic heterocycles. The van der Waals surface area contributed by atoms with Gasteiger partial charge in [-0.1, -0.05) is 41.9 Å². The second-order valence-electron chi connectivity index (χ2n) is 7.50. The van der Waals surface area contributed by atoms with Gasteiger partial charge in [-0.05, 0) is 61.4 Å². The van der Waals surface area contributed by atoms with E-state index in [1.165, 1.54) is 5.56 Å². The molecule has 4 rings (SSSR count). The first-order valence-corrected chi connectivity index (χ1v) is 10.4. The summed E-state index contributed by atoms with van der Waals surface area (Å²) in [5.74, 6) is -0.794. The number of hydrogen-bond acceptors (Lipinski definition) is 3. The predicted molar refractivity (Wildman–Crippen MR) is 117 cm³/mol. The summed E-state index contributed by atoms with van der Waals surface area (Å²) in [6.45, 7) is 0. The van der Waals surface area contributed by atoms with Crippen molar-refractivity contribution in [2.24, 2.45) is 0 Å². The molecular formula is C23H23ClN4O2. The molecule has 0 spiro atoms. The Balaban J connectivity index is 1.29. The number of anilines is 1. The van der Waals surface area contributed by atoms with Gasteiger partial charge in [0.1, 0.15) is 0 Å². The van der Waals surface area contributed by atoms with Crippen LogP contribution in [-0.2, 0) is 9.59 Å². The second-order valence-corrected chi connectivity index (χ2v) is 7.91. The van der Waals surface area contributed by atoms with Gasteiger partial charge >= 0.3 is 11.8 Å². The summed E-state index contributed by atoms with van der Waals surface area (Å²) < 4.78 is 1.63. The van der Waals surface area contributed by atoms with Crippen molar-refractivity contribution >= 4 is 29.1 Å². The van der Waals surface area contributed by atoms with Crippen LogP contribution in [0.3, 0.4) is 0 Å². The maximum Gasteiger partial charge on any atom is 0.313 e. The average molecular weight is 423 g/mol. The minimum Gasteiger partial charge on any atom is -0.345 e. The van der Waals surface area contributed by atoms with Crippen LogP contribution < -0.4 is 10.6 Å². The van der Waals surface area contributed by atoms with E-state index in [2.05, 4.69) is 40.0 Å². The van der Waals surface area contributed by atoms with Gasteiger partial charge in [-0.2, -0.15) is 5.10 Å². The molecule has 1 aliphatic rings. The van der Waals surface area contributed by atoms with E-state index in [4.69, 9.17) is 11.6 Å². The lowest BCUT2D eigenvalue weighted by atomic mass is 9.82. The van der Waals surface area contributed by atoms with Gasteiger partial charge in [0, 0.05) is 24.1 Å². The van der Waals surface area contributed by atoms with Crippen LogP contribution in [0.2, 0.25) is 5.02 Å². The number of carbonyl (C=O) groups is 2. The van der Waals surface area contributed by atoms with Gasteiger partial charge < -0.3 is 10.6 Å². The summed E-state index contributed by atoms with van der Waals surface area (Å²) in [6, 6.07) is 17.3. The quantitative estimate of drug-likeness (QED) is 0.615. The molecule has 6 nitrogen and oxygen atoms in total. The van der Waals surface area contributed by atoms with Crippen LogP contribution in [0.25, 0.3) is 5.69 Å². The Kier molecular flexibility index (Phi) is 6.14. The van der Waals surface area contributed by atoms with E-state index < -0.39 is 11.8 Å². The van der Waals surface area contributed by atoms with E-state index in [1.807, 2.05) is 6.07 Å². The van der Waals surface area contributed by atoms with E-state index in [1.54, 1.807) is 41.3 Å². The van der Waals surface area contributed by atoms with Crippen LogP contribution >= 0.6 is 11.6 Å². The summed E-state index contributed by atoms with van der Waals surface area (Å²) >= 11 is 6.29. The van der Waals surface area contributed by atoms with E-state index >= 15 is 0 Å². The van der Waals surface area contributed by atoms with Crippen molar-refractivity contribution in [3.63, 3.8) is 0 Å². The molecule has 1 fully saturated rings. The standard InChI is InChI=1S/C23H23ClN4O2/c24-20-15-19(11-12-21(20)28-14-4-13-25-28)27-23(30)22(29)26-18-9-7-17(8-10-18)16-5-2-1-3-6-16/h1-6,11-15,17-18H,7-10H2,(H,26,29)(H,27,30). The lowest BCUT2D eigenvalue weighted by molar-refractivity contribution is -0.136. The number of benzene rings is 2. The van der Waals surface area contributed by atoms with Crippen molar-refractivity contribution in [1.82, 2.24) is 15.1 Å². The average Bonchev–Trinajstić information content (AvgIpc) is 3.29.